The molecule has 12 heteroatoms. The van der Waals surface area contributed by atoms with Gasteiger partial charge < -0.3 is 20.2 Å². The van der Waals surface area contributed by atoms with Crippen molar-refractivity contribution in [3.63, 3.8) is 0 Å². The maximum Gasteiger partial charge on any atom is 0.345 e. The molecule has 1 heterocycles. The van der Waals surface area contributed by atoms with Gasteiger partial charge in [-0.25, -0.2) is 0 Å². The summed E-state index contributed by atoms with van der Waals surface area (Å²) in [6.45, 7) is 1.11. The summed E-state index contributed by atoms with van der Waals surface area (Å²) in [5, 5.41) is 29.2. The standard InChI is InChI=1S/C18H14ClN5O6/c1-11-6-18(24(28)29)22(21-11)10-17(25)20-13-7-14(23(26)27)9-16(8-13)30-15-4-2-12(19)3-5-15/h2-9H,10H2,1H3,(H,20,25). The van der Waals surface area contributed by atoms with E-state index in [2.05, 4.69) is 10.4 Å². The Bertz CT molecular complexity index is 1130. The maximum atomic E-state index is 12.3. The zero-order valence-corrected chi connectivity index (χ0v) is 16.2. The molecular formula is C18H14ClN5O6. The Morgan fingerprint density at radius 1 is 1.10 bits per heavy atom. The molecule has 1 aromatic heterocycles. The Balaban J connectivity index is 1.81. The van der Waals surface area contributed by atoms with Crippen molar-refractivity contribution in [3.8, 4) is 11.5 Å². The quantitative estimate of drug-likeness (QED) is 0.438. The highest BCUT2D eigenvalue weighted by Gasteiger charge is 2.20. The number of non-ortho nitro benzene ring substituents is 1. The van der Waals surface area contributed by atoms with E-state index < -0.39 is 22.3 Å². The van der Waals surface area contributed by atoms with E-state index in [1.54, 1.807) is 31.2 Å². The molecular weight excluding hydrogens is 418 g/mol. The van der Waals surface area contributed by atoms with E-state index in [0.717, 1.165) is 10.7 Å². The molecule has 0 aliphatic carbocycles. The Hall–Kier alpha value is -3.99. The molecule has 0 aliphatic rings. The third-order valence-electron chi connectivity index (χ3n) is 3.80. The van der Waals surface area contributed by atoms with E-state index in [9.17, 15) is 25.0 Å². The summed E-state index contributed by atoms with van der Waals surface area (Å²) in [7, 11) is 0. The lowest BCUT2D eigenvalue weighted by Gasteiger charge is -2.09. The molecule has 3 rings (SSSR count). The molecule has 0 aliphatic heterocycles. The average Bonchev–Trinajstić information content (AvgIpc) is 3.03. The van der Waals surface area contributed by atoms with Gasteiger partial charge in [-0.1, -0.05) is 16.7 Å². The van der Waals surface area contributed by atoms with Crippen molar-refractivity contribution >= 4 is 34.7 Å². The third-order valence-corrected chi connectivity index (χ3v) is 4.05. The van der Waals surface area contributed by atoms with Crippen LogP contribution in [0.4, 0.5) is 17.2 Å². The van der Waals surface area contributed by atoms with E-state index >= 15 is 0 Å². The van der Waals surface area contributed by atoms with Gasteiger partial charge in [-0.15, -0.1) is 4.68 Å². The molecule has 1 amide bonds. The number of aromatic nitrogens is 2. The minimum atomic E-state index is -0.654. The number of aryl methyl sites for hydroxylation is 1. The predicted octanol–water partition coefficient (Wildman–Crippen LogP) is 4.09. The summed E-state index contributed by atoms with van der Waals surface area (Å²) >= 11 is 5.82. The lowest BCUT2D eigenvalue weighted by atomic mass is 10.2. The van der Waals surface area contributed by atoms with E-state index in [1.165, 1.54) is 18.2 Å². The van der Waals surface area contributed by atoms with Crippen LogP contribution in [0, 0.1) is 27.2 Å². The minimum Gasteiger partial charge on any atom is -0.457 e. The van der Waals surface area contributed by atoms with E-state index in [0.29, 0.717) is 16.5 Å². The molecule has 154 valence electrons. The number of anilines is 1. The van der Waals surface area contributed by atoms with Crippen molar-refractivity contribution < 1.29 is 19.4 Å². The molecule has 3 aromatic rings. The van der Waals surface area contributed by atoms with Gasteiger partial charge >= 0.3 is 5.82 Å². The summed E-state index contributed by atoms with van der Waals surface area (Å²) in [4.78, 5) is 33.3. The molecule has 1 N–H and O–H groups in total. The second-order valence-corrected chi connectivity index (χ2v) is 6.57. The van der Waals surface area contributed by atoms with Gasteiger partial charge in [-0.3, -0.25) is 14.9 Å². The fourth-order valence-corrected chi connectivity index (χ4v) is 2.72. The van der Waals surface area contributed by atoms with E-state index in [-0.39, 0.29) is 22.9 Å². The lowest BCUT2D eigenvalue weighted by Crippen LogP contribution is -2.20. The molecule has 0 unspecified atom stereocenters. The van der Waals surface area contributed by atoms with Gasteiger partial charge in [0.25, 0.3) is 11.6 Å². The van der Waals surface area contributed by atoms with E-state index in [1.807, 2.05) is 0 Å². The topological polar surface area (TPSA) is 142 Å². The molecule has 0 radical (unpaired) electrons. The molecule has 11 nitrogen and oxygen atoms in total. The van der Waals surface area contributed by atoms with Gasteiger partial charge in [0.2, 0.25) is 0 Å². The van der Waals surface area contributed by atoms with Crippen LogP contribution < -0.4 is 10.1 Å². The number of hydrogen-bond acceptors (Lipinski definition) is 7. The minimum absolute atomic E-state index is 0.0877. The molecule has 0 atom stereocenters. The van der Waals surface area contributed by atoms with Crippen LogP contribution in [0.5, 0.6) is 11.5 Å². The normalized spacial score (nSPS) is 10.5. The second-order valence-electron chi connectivity index (χ2n) is 6.14. The predicted molar refractivity (Wildman–Crippen MR) is 107 cm³/mol. The average molecular weight is 432 g/mol. The molecule has 0 bridgehead atoms. The van der Waals surface area contributed by atoms with Gasteiger partial charge in [-0.05, 0) is 36.1 Å². The molecule has 30 heavy (non-hydrogen) atoms. The van der Waals surface area contributed by atoms with Gasteiger partial charge in [0.1, 0.15) is 11.5 Å². The number of carbonyl (C=O) groups excluding carboxylic acids is 1. The number of benzene rings is 2. The van der Waals surface area contributed by atoms with Crippen LogP contribution in [0.2, 0.25) is 5.02 Å². The maximum absolute atomic E-state index is 12.3. The van der Waals surface area contributed by atoms with Gasteiger partial charge in [0, 0.05) is 17.2 Å². The monoisotopic (exact) mass is 431 g/mol. The number of nitro benzene ring substituents is 1. The third kappa shape index (κ3) is 5.08. The van der Waals surface area contributed by atoms with Crippen molar-refractivity contribution in [1.29, 1.82) is 0 Å². The number of nitro groups is 2. The number of hydrogen-bond donors (Lipinski definition) is 1. The van der Waals surface area contributed by atoms with Crippen LogP contribution in [0.15, 0.2) is 48.5 Å². The number of halogens is 1. The van der Waals surface area contributed by atoms with Crippen LogP contribution >= 0.6 is 11.6 Å². The number of nitrogens with zero attached hydrogens (tertiary/aromatic N) is 4. The van der Waals surface area contributed by atoms with Gasteiger partial charge in [0.05, 0.1) is 28.4 Å². The Kier molecular flexibility index (Phi) is 5.93. The Morgan fingerprint density at radius 2 is 1.80 bits per heavy atom. The molecule has 2 aromatic carbocycles. The smallest absolute Gasteiger partial charge is 0.345 e. The highest BCUT2D eigenvalue weighted by molar-refractivity contribution is 6.30. The van der Waals surface area contributed by atoms with Crippen molar-refractivity contribution in [3.05, 3.63) is 79.5 Å². The first-order valence-electron chi connectivity index (χ1n) is 8.43. The van der Waals surface area contributed by atoms with Crippen molar-refractivity contribution in [2.24, 2.45) is 0 Å². The summed E-state index contributed by atoms with van der Waals surface area (Å²) in [6, 6.07) is 11.3. The zero-order valence-electron chi connectivity index (χ0n) is 15.4. The summed E-state index contributed by atoms with van der Waals surface area (Å²) < 4.78 is 6.53. The Morgan fingerprint density at radius 3 is 2.43 bits per heavy atom. The highest BCUT2D eigenvalue weighted by atomic mass is 35.5. The van der Waals surface area contributed by atoms with Crippen LogP contribution in [0.3, 0.4) is 0 Å². The zero-order chi connectivity index (χ0) is 21.8. The summed E-state index contributed by atoms with van der Waals surface area (Å²) in [5.74, 6) is -0.491. The first-order chi connectivity index (χ1) is 14.2. The number of ether oxygens (including phenoxy) is 1. The van der Waals surface area contributed by atoms with E-state index in [4.69, 9.17) is 16.3 Å². The van der Waals surface area contributed by atoms with Crippen molar-refractivity contribution in [2.75, 3.05) is 5.32 Å². The first-order valence-corrected chi connectivity index (χ1v) is 8.80. The highest BCUT2D eigenvalue weighted by Crippen LogP contribution is 2.30. The molecule has 0 saturated heterocycles. The molecule has 0 saturated carbocycles. The first kappa shape index (κ1) is 20.7. The molecule has 0 fully saturated rings. The van der Waals surface area contributed by atoms with Crippen molar-refractivity contribution in [1.82, 2.24) is 9.78 Å². The number of rotatable bonds is 7. The molecule has 0 spiro atoms. The van der Waals surface area contributed by atoms with Crippen LogP contribution in [0.25, 0.3) is 0 Å². The van der Waals surface area contributed by atoms with Crippen LogP contribution in [-0.4, -0.2) is 25.5 Å². The Labute approximate surface area is 174 Å². The summed E-state index contributed by atoms with van der Waals surface area (Å²) in [6.07, 6.45) is 0. The van der Waals surface area contributed by atoms with Crippen molar-refractivity contribution in [2.45, 2.75) is 13.5 Å². The SMILES string of the molecule is Cc1cc([N+](=O)[O-])n(CC(=O)Nc2cc(Oc3ccc(Cl)cc3)cc([N+](=O)[O-])c2)n1. The van der Waals surface area contributed by atoms with Crippen LogP contribution in [0.1, 0.15) is 5.69 Å². The largest absolute Gasteiger partial charge is 0.457 e. The fourth-order valence-electron chi connectivity index (χ4n) is 2.59. The number of carbonyl (C=O) groups is 1. The lowest BCUT2D eigenvalue weighted by molar-refractivity contribution is -0.392. The number of nitrogens with one attached hydrogen (secondary N) is 1. The number of amides is 1. The van der Waals surface area contributed by atoms with Gasteiger partial charge in [0.15, 0.2) is 6.54 Å². The van der Waals surface area contributed by atoms with Gasteiger partial charge in [-0.2, -0.15) is 0 Å². The summed E-state index contributed by atoms with van der Waals surface area (Å²) in [5.41, 5.74) is 0.158. The van der Waals surface area contributed by atoms with Crippen LogP contribution in [-0.2, 0) is 11.3 Å². The second kappa shape index (κ2) is 8.57. The fraction of sp³-hybridized carbons (Fsp3) is 0.111.